The van der Waals surface area contributed by atoms with Gasteiger partial charge in [0.2, 0.25) is 0 Å². The van der Waals surface area contributed by atoms with Crippen LogP contribution in [-0.4, -0.2) is 27.4 Å². The number of benzene rings is 2. The molecule has 0 unspecified atom stereocenters. The van der Waals surface area contributed by atoms with E-state index in [1.54, 1.807) is 57.2 Å². The molecule has 0 saturated carbocycles. The number of hydrogen-bond acceptors (Lipinski definition) is 5. The molecular formula is C20H20N6O3. The normalized spacial score (nSPS) is 12.2. The highest BCUT2D eigenvalue weighted by Crippen LogP contribution is 2.27. The molecule has 2 aromatic carbocycles. The van der Waals surface area contributed by atoms with Crippen molar-refractivity contribution in [2.75, 3.05) is 5.32 Å². The summed E-state index contributed by atoms with van der Waals surface area (Å²) in [6.45, 7) is 5.22. The van der Waals surface area contributed by atoms with Crippen molar-refractivity contribution in [1.82, 2.24) is 4.98 Å². The zero-order chi connectivity index (χ0) is 21.1. The van der Waals surface area contributed by atoms with Crippen LogP contribution in [0.3, 0.4) is 0 Å². The number of rotatable bonds is 5. The monoisotopic (exact) mass is 392 g/mol. The molecule has 0 aliphatic carbocycles. The minimum atomic E-state index is -0.466. The lowest BCUT2D eigenvalue weighted by Crippen LogP contribution is -2.12. The smallest absolute Gasteiger partial charge is 0.293 e. The Kier molecular flexibility index (Phi) is 5.40. The number of non-ortho nitro benzene ring substituents is 1. The molecule has 0 atom stereocenters. The second-order valence-corrected chi connectivity index (χ2v) is 6.65. The number of anilines is 1. The van der Waals surface area contributed by atoms with E-state index < -0.39 is 10.8 Å². The number of carbonyl (C=O) groups excluding carboxylic acids is 1. The second-order valence-electron chi connectivity index (χ2n) is 6.65. The summed E-state index contributed by atoms with van der Waals surface area (Å²) < 4.78 is 0. The summed E-state index contributed by atoms with van der Waals surface area (Å²) in [4.78, 5) is 26.2. The first-order valence-electron chi connectivity index (χ1n) is 8.78. The first-order chi connectivity index (χ1) is 13.7. The standard InChI is InChI=1S/C20H20N6O3/c1-11-8-15-10-17(23-19(15)18(9-11)26(28)29)20(27)22-16-6-4-14(5-7-16)12(2)24-25-13(3)21/h4-10,23H,1-3H3,(H2,21,25)(H,22,27)/b24-12-. The number of aromatic amines is 1. The summed E-state index contributed by atoms with van der Waals surface area (Å²) >= 11 is 0. The Labute approximate surface area is 166 Å². The van der Waals surface area contributed by atoms with E-state index in [-0.39, 0.29) is 11.4 Å². The molecule has 0 saturated heterocycles. The molecule has 3 rings (SSSR count). The van der Waals surface area contributed by atoms with Crippen molar-refractivity contribution < 1.29 is 9.72 Å². The number of amides is 1. The van der Waals surface area contributed by atoms with Gasteiger partial charge >= 0.3 is 0 Å². The third-order valence-electron chi connectivity index (χ3n) is 4.21. The number of nitro benzene ring substituents is 1. The average Bonchev–Trinajstić information content (AvgIpc) is 3.09. The van der Waals surface area contributed by atoms with Gasteiger partial charge in [0.05, 0.1) is 10.6 Å². The van der Waals surface area contributed by atoms with E-state index in [1.165, 1.54) is 6.07 Å². The number of aromatic nitrogens is 1. The average molecular weight is 392 g/mol. The topological polar surface area (TPSA) is 139 Å². The van der Waals surface area contributed by atoms with Gasteiger partial charge in [-0.1, -0.05) is 12.1 Å². The number of amidine groups is 1. The van der Waals surface area contributed by atoms with Crippen LogP contribution in [0.15, 0.2) is 52.7 Å². The van der Waals surface area contributed by atoms with Crippen LogP contribution >= 0.6 is 0 Å². The van der Waals surface area contributed by atoms with E-state index in [0.29, 0.717) is 28.1 Å². The van der Waals surface area contributed by atoms with Crippen LogP contribution in [0.5, 0.6) is 0 Å². The molecule has 0 aliphatic rings. The molecule has 9 nitrogen and oxygen atoms in total. The summed E-state index contributed by atoms with van der Waals surface area (Å²) in [5, 5.41) is 22.5. The molecular weight excluding hydrogens is 372 g/mol. The number of nitrogens with one attached hydrogen (secondary N) is 2. The van der Waals surface area contributed by atoms with Gasteiger partial charge in [0.25, 0.3) is 11.6 Å². The van der Waals surface area contributed by atoms with Crippen molar-refractivity contribution in [2.24, 2.45) is 15.9 Å². The molecule has 4 N–H and O–H groups in total. The molecule has 0 fully saturated rings. The van der Waals surface area contributed by atoms with E-state index in [1.807, 2.05) is 0 Å². The van der Waals surface area contributed by atoms with Crippen molar-refractivity contribution >= 4 is 39.7 Å². The van der Waals surface area contributed by atoms with Crippen molar-refractivity contribution in [1.29, 1.82) is 0 Å². The summed E-state index contributed by atoms with van der Waals surface area (Å²) in [5.74, 6) is -0.0309. The summed E-state index contributed by atoms with van der Waals surface area (Å²) in [5.41, 5.74) is 8.82. The van der Waals surface area contributed by atoms with Gasteiger partial charge in [0, 0.05) is 17.1 Å². The molecule has 1 heterocycles. The van der Waals surface area contributed by atoms with Gasteiger partial charge in [-0.05, 0) is 56.2 Å². The first kappa shape index (κ1) is 19.7. The highest BCUT2D eigenvalue weighted by atomic mass is 16.6. The van der Waals surface area contributed by atoms with Gasteiger partial charge in [0.1, 0.15) is 17.0 Å². The Morgan fingerprint density at radius 3 is 2.45 bits per heavy atom. The highest BCUT2D eigenvalue weighted by Gasteiger charge is 2.18. The Morgan fingerprint density at radius 2 is 1.83 bits per heavy atom. The highest BCUT2D eigenvalue weighted by molar-refractivity contribution is 6.07. The van der Waals surface area contributed by atoms with Crippen LogP contribution < -0.4 is 11.1 Å². The molecule has 29 heavy (non-hydrogen) atoms. The maximum absolute atomic E-state index is 12.6. The number of fused-ring (bicyclic) bond motifs is 1. The number of nitro groups is 1. The van der Waals surface area contributed by atoms with Crippen LogP contribution in [0, 0.1) is 17.0 Å². The molecule has 0 bridgehead atoms. The zero-order valence-corrected chi connectivity index (χ0v) is 16.2. The summed E-state index contributed by atoms with van der Waals surface area (Å²) in [6, 6.07) is 11.9. The lowest BCUT2D eigenvalue weighted by atomic mass is 10.1. The number of aryl methyl sites for hydroxylation is 1. The van der Waals surface area contributed by atoms with Gasteiger partial charge in [-0.3, -0.25) is 14.9 Å². The SMILES string of the molecule is CC(N)=N/N=C(/C)c1ccc(NC(=O)c2cc3cc(C)cc([N+](=O)[O-])c3[nH]2)cc1. The van der Waals surface area contributed by atoms with Crippen molar-refractivity contribution in [2.45, 2.75) is 20.8 Å². The third kappa shape index (κ3) is 4.46. The molecule has 1 aromatic heterocycles. The largest absolute Gasteiger partial charge is 0.386 e. The van der Waals surface area contributed by atoms with Crippen LogP contribution in [0.4, 0.5) is 11.4 Å². The molecule has 0 radical (unpaired) electrons. The van der Waals surface area contributed by atoms with Gasteiger partial charge in [-0.2, -0.15) is 5.10 Å². The Balaban J connectivity index is 1.82. The van der Waals surface area contributed by atoms with Crippen molar-refractivity contribution in [3.05, 3.63) is 69.4 Å². The Hall–Kier alpha value is -4.01. The van der Waals surface area contributed by atoms with Crippen LogP contribution in [0.1, 0.15) is 35.5 Å². The Bertz CT molecular complexity index is 1150. The third-order valence-corrected chi connectivity index (χ3v) is 4.21. The molecule has 148 valence electrons. The molecule has 3 aromatic rings. The van der Waals surface area contributed by atoms with Gasteiger partial charge in [0.15, 0.2) is 0 Å². The lowest BCUT2D eigenvalue weighted by Gasteiger charge is -2.05. The maximum Gasteiger partial charge on any atom is 0.293 e. The predicted molar refractivity (Wildman–Crippen MR) is 114 cm³/mol. The van der Waals surface area contributed by atoms with Gasteiger partial charge in [-0.25, -0.2) is 0 Å². The Morgan fingerprint density at radius 1 is 1.14 bits per heavy atom. The molecule has 0 aliphatic heterocycles. The number of H-pyrrole nitrogens is 1. The van der Waals surface area contributed by atoms with Gasteiger partial charge < -0.3 is 16.0 Å². The fourth-order valence-electron chi connectivity index (χ4n) is 2.84. The number of nitrogens with zero attached hydrogens (tertiary/aromatic N) is 3. The fourth-order valence-corrected chi connectivity index (χ4v) is 2.84. The lowest BCUT2D eigenvalue weighted by molar-refractivity contribution is -0.383. The number of carbonyl (C=O) groups is 1. The van der Waals surface area contributed by atoms with Crippen molar-refractivity contribution in [3.8, 4) is 0 Å². The minimum Gasteiger partial charge on any atom is -0.386 e. The first-order valence-corrected chi connectivity index (χ1v) is 8.78. The van der Waals surface area contributed by atoms with Crippen LogP contribution in [0.25, 0.3) is 10.9 Å². The molecule has 1 amide bonds. The van der Waals surface area contributed by atoms with Crippen molar-refractivity contribution in [3.63, 3.8) is 0 Å². The van der Waals surface area contributed by atoms with E-state index in [4.69, 9.17) is 5.73 Å². The van der Waals surface area contributed by atoms with E-state index in [2.05, 4.69) is 20.5 Å². The molecule has 9 heteroatoms. The zero-order valence-electron chi connectivity index (χ0n) is 16.2. The van der Waals surface area contributed by atoms with Gasteiger partial charge in [-0.15, -0.1) is 5.10 Å². The van der Waals surface area contributed by atoms with E-state index >= 15 is 0 Å². The van der Waals surface area contributed by atoms with E-state index in [9.17, 15) is 14.9 Å². The summed E-state index contributed by atoms with van der Waals surface area (Å²) in [6.07, 6.45) is 0. The van der Waals surface area contributed by atoms with E-state index in [0.717, 1.165) is 11.1 Å². The quantitative estimate of drug-likeness (QED) is 0.263. The maximum atomic E-state index is 12.6. The summed E-state index contributed by atoms with van der Waals surface area (Å²) in [7, 11) is 0. The number of hydrogen-bond donors (Lipinski definition) is 3. The second kappa shape index (κ2) is 7.93. The fraction of sp³-hybridized carbons (Fsp3) is 0.150. The molecule has 0 spiro atoms. The predicted octanol–water partition coefficient (Wildman–Crippen LogP) is 3.74. The van der Waals surface area contributed by atoms with Crippen LogP contribution in [-0.2, 0) is 0 Å². The number of nitrogens with two attached hydrogens (primary N) is 1. The minimum absolute atomic E-state index is 0.0615. The van der Waals surface area contributed by atoms with Crippen LogP contribution in [0.2, 0.25) is 0 Å².